The third-order valence-electron chi connectivity index (χ3n) is 3.76. The first kappa shape index (κ1) is 16.1. The second-order valence-electron chi connectivity index (χ2n) is 5.57. The quantitative estimate of drug-likeness (QED) is 0.705. The minimum Gasteiger partial charge on any atom is -0.399 e. The van der Waals surface area contributed by atoms with E-state index < -0.39 is 10.0 Å². The van der Waals surface area contributed by atoms with Crippen LogP contribution in [0.15, 0.2) is 77.7 Å². The van der Waals surface area contributed by atoms with Crippen molar-refractivity contribution < 1.29 is 8.42 Å². The number of benzene rings is 3. The Labute approximate surface area is 142 Å². The Morgan fingerprint density at radius 3 is 2.21 bits per heavy atom. The fourth-order valence-corrected chi connectivity index (χ4v) is 3.54. The van der Waals surface area contributed by atoms with Crippen LogP contribution in [0.2, 0.25) is 0 Å². The van der Waals surface area contributed by atoms with Crippen LogP contribution in [0.1, 0.15) is 5.56 Å². The highest BCUT2D eigenvalue weighted by atomic mass is 32.2. The van der Waals surface area contributed by atoms with Crippen LogP contribution in [0.25, 0.3) is 11.1 Å². The fourth-order valence-electron chi connectivity index (χ4n) is 2.48. The zero-order valence-electron chi connectivity index (χ0n) is 13.2. The summed E-state index contributed by atoms with van der Waals surface area (Å²) in [6.45, 7) is 2.00. The van der Waals surface area contributed by atoms with Gasteiger partial charge in [0.15, 0.2) is 0 Å². The second kappa shape index (κ2) is 6.37. The van der Waals surface area contributed by atoms with E-state index in [1.54, 1.807) is 48.5 Å². The molecule has 0 bridgehead atoms. The Hall–Kier alpha value is -2.79. The highest BCUT2D eigenvalue weighted by Gasteiger charge is 2.14. The van der Waals surface area contributed by atoms with Gasteiger partial charge in [0.05, 0.1) is 4.90 Å². The van der Waals surface area contributed by atoms with Gasteiger partial charge in [0.2, 0.25) is 0 Å². The van der Waals surface area contributed by atoms with Crippen molar-refractivity contribution >= 4 is 21.4 Å². The van der Waals surface area contributed by atoms with E-state index in [1.807, 2.05) is 31.2 Å². The maximum absolute atomic E-state index is 12.4. The Kier molecular flexibility index (Phi) is 4.27. The molecule has 5 heteroatoms. The van der Waals surface area contributed by atoms with E-state index in [9.17, 15) is 8.42 Å². The number of rotatable bonds is 4. The van der Waals surface area contributed by atoms with Crippen molar-refractivity contribution in [2.45, 2.75) is 11.8 Å². The van der Waals surface area contributed by atoms with Gasteiger partial charge in [-0.15, -0.1) is 0 Å². The molecule has 0 spiro atoms. The van der Waals surface area contributed by atoms with E-state index in [0.29, 0.717) is 11.4 Å². The van der Waals surface area contributed by atoms with Crippen LogP contribution in [0.3, 0.4) is 0 Å². The lowest BCUT2D eigenvalue weighted by Crippen LogP contribution is -2.12. The molecule has 0 unspecified atom stereocenters. The Morgan fingerprint density at radius 1 is 0.875 bits per heavy atom. The SMILES string of the molecule is Cc1ccc(N)cc1-c1ccc(S(=O)(=O)Nc2ccccc2)cc1. The van der Waals surface area contributed by atoms with Crippen LogP contribution in [0.5, 0.6) is 0 Å². The Morgan fingerprint density at radius 2 is 1.54 bits per heavy atom. The molecule has 0 aliphatic rings. The number of aryl methyl sites for hydroxylation is 1. The number of nitrogens with one attached hydrogen (secondary N) is 1. The van der Waals surface area contributed by atoms with Crippen LogP contribution < -0.4 is 10.5 Å². The zero-order chi connectivity index (χ0) is 17.2. The summed E-state index contributed by atoms with van der Waals surface area (Å²) < 4.78 is 27.4. The molecule has 0 radical (unpaired) electrons. The van der Waals surface area contributed by atoms with E-state index in [-0.39, 0.29) is 4.90 Å². The first-order valence-corrected chi connectivity index (χ1v) is 8.98. The van der Waals surface area contributed by atoms with Crippen molar-refractivity contribution in [3.63, 3.8) is 0 Å². The molecular formula is C19H18N2O2S. The summed E-state index contributed by atoms with van der Waals surface area (Å²) in [5.74, 6) is 0. The highest BCUT2D eigenvalue weighted by molar-refractivity contribution is 7.92. The zero-order valence-corrected chi connectivity index (χ0v) is 14.0. The summed E-state index contributed by atoms with van der Waals surface area (Å²) in [4.78, 5) is 0.219. The molecule has 0 saturated heterocycles. The molecule has 3 N–H and O–H groups in total. The summed E-state index contributed by atoms with van der Waals surface area (Å²) in [7, 11) is -3.61. The van der Waals surface area contributed by atoms with Gasteiger partial charge in [-0.25, -0.2) is 8.42 Å². The molecule has 4 nitrogen and oxygen atoms in total. The Bertz CT molecular complexity index is 950. The smallest absolute Gasteiger partial charge is 0.261 e. The standard InChI is InChI=1S/C19H18N2O2S/c1-14-7-10-16(20)13-19(14)15-8-11-18(12-9-15)24(22,23)21-17-5-3-2-4-6-17/h2-13,21H,20H2,1H3. The van der Waals surface area contributed by atoms with E-state index in [0.717, 1.165) is 16.7 Å². The molecule has 24 heavy (non-hydrogen) atoms. The lowest BCUT2D eigenvalue weighted by molar-refractivity contribution is 0.601. The number of hydrogen-bond donors (Lipinski definition) is 2. The van der Waals surface area contributed by atoms with E-state index in [2.05, 4.69) is 4.72 Å². The molecule has 3 aromatic carbocycles. The molecule has 0 aliphatic carbocycles. The summed E-state index contributed by atoms with van der Waals surface area (Å²) in [5.41, 5.74) is 10.1. The third-order valence-corrected chi connectivity index (χ3v) is 5.16. The number of nitrogens with two attached hydrogens (primary N) is 1. The van der Waals surface area contributed by atoms with Crippen LogP contribution in [0, 0.1) is 6.92 Å². The number of nitrogen functional groups attached to an aromatic ring is 1. The topological polar surface area (TPSA) is 72.2 Å². The molecule has 0 atom stereocenters. The molecule has 0 aliphatic heterocycles. The van der Waals surface area contributed by atoms with Crippen molar-refractivity contribution in [1.82, 2.24) is 0 Å². The van der Waals surface area contributed by atoms with Crippen LogP contribution in [0.4, 0.5) is 11.4 Å². The summed E-state index contributed by atoms with van der Waals surface area (Å²) in [6.07, 6.45) is 0. The van der Waals surface area contributed by atoms with Gasteiger partial charge in [0.1, 0.15) is 0 Å². The maximum atomic E-state index is 12.4. The number of para-hydroxylation sites is 1. The molecule has 0 saturated carbocycles. The molecule has 122 valence electrons. The molecular weight excluding hydrogens is 320 g/mol. The number of hydrogen-bond acceptors (Lipinski definition) is 3. The van der Waals surface area contributed by atoms with E-state index >= 15 is 0 Å². The van der Waals surface area contributed by atoms with Gasteiger partial charge < -0.3 is 5.73 Å². The lowest BCUT2D eigenvalue weighted by atomic mass is 10.0. The molecule has 0 fully saturated rings. The minimum atomic E-state index is -3.61. The average molecular weight is 338 g/mol. The van der Waals surface area contributed by atoms with Crippen LogP contribution in [-0.4, -0.2) is 8.42 Å². The normalized spacial score (nSPS) is 11.2. The third kappa shape index (κ3) is 3.41. The molecule has 0 heterocycles. The van der Waals surface area contributed by atoms with Crippen LogP contribution in [-0.2, 0) is 10.0 Å². The predicted molar refractivity (Wildman–Crippen MR) is 98.3 cm³/mol. The van der Waals surface area contributed by atoms with E-state index in [4.69, 9.17) is 5.73 Å². The lowest BCUT2D eigenvalue weighted by Gasteiger charge is -2.10. The van der Waals surface area contributed by atoms with Gasteiger partial charge in [-0.05, 0) is 60.0 Å². The first-order valence-electron chi connectivity index (χ1n) is 7.50. The minimum absolute atomic E-state index is 0.219. The molecule has 0 aromatic heterocycles. The van der Waals surface area contributed by atoms with Gasteiger partial charge in [-0.1, -0.05) is 36.4 Å². The van der Waals surface area contributed by atoms with Gasteiger partial charge >= 0.3 is 0 Å². The van der Waals surface area contributed by atoms with Gasteiger partial charge in [0, 0.05) is 11.4 Å². The van der Waals surface area contributed by atoms with Gasteiger partial charge in [0.25, 0.3) is 10.0 Å². The first-order chi connectivity index (χ1) is 11.5. The van der Waals surface area contributed by atoms with Crippen molar-refractivity contribution in [2.24, 2.45) is 0 Å². The summed E-state index contributed by atoms with van der Waals surface area (Å²) >= 11 is 0. The number of anilines is 2. The van der Waals surface area contributed by atoms with Crippen molar-refractivity contribution in [1.29, 1.82) is 0 Å². The maximum Gasteiger partial charge on any atom is 0.261 e. The van der Waals surface area contributed by atoms with Crippen molar-refractivity contribution in [3.05, 3.63) is 78.4 Å². The number of sulfonamides is 1. The predicted octanol–water partition coefficient (Wildman–Crippen LogP) is 4.05. The van der Waals surface area contributed by atoms with E-state index in [1.165, 1.54) is 0 Å². The second-order valence-corrected chi connectivity index (χ2v) is 7.25. The average Bonchev–Trinajstić information content (AvgIpc) is 2.58. The van der Waals surface area contributed by atoms with Crippen molar-refractivity contribution in [3.8, 4) is 11.1 Å². The highest BCUT2D eigenvalue weighted by Crippen LogP contribution is 2.27. The van der Waals surface area contributed by atoms with Gasteiger partial charge in [-0.3, -0.25) is 4.72 Å². The fraction of sp³-hybridized carbons (Fsp3) is 0.0526. The summed E-state index contributed by atoms with van der Waals surface area (Å²) in [6, 6.07) is 21.3. The van der Waals surface area contributed by atoms with Crippen molar-refractivity contribution in [2.75, 3.05) is 10.5 Å². The van der Waals surface area contributed by atoms with Gasteiger partial charge in [-0.2, -0.15) is 0 Å². The van der Waals surface area contributed by atoms with Crippen LogP contribution >= 0.6 is 0 Å². The molecule has 3 aromatic rings. The molecule has 0 amide bonds. The largest absolute Gasteiger partial charge is 0.399 e. The summed E-state index contributed by atoms with van der Waals surface area (Å²) in [5, 5.41) is 0. The Balaban J connectivity index is 1.90. The molecule has 3 rings (SSSR count). The monoisotopic (exact) mass is 338 g/mol.